The molecule has 0 aliphatic carbocycles. The molecule has 2 aromatic carbocycles. The Bertz CT molecular complexity index is 1130. The van der Waals surface area contributed by atoms with E-state index < -0.39 is 33.6 Å². The number of aliphatic hydroxyl groups excluding tert-OH is 1. The van der Waals surface area contributed by atoms with Gasteiger partial charge in [-0.25, -0.2) is 12.8 Å². The molecule has 2 aliphatic heterocycles. The van der Waals surface area contributed by atoms with Crippen molar-refractivity contribution >= 4 is 21.6 Å². The van der Waals surface area contributed by atoms with Gasteiger partial charge in [0.1, 0.15) is 23.3 Å². The monoisotopic (exact) mass is 462 g/mol. The fourth-order valence-corrected chi connectivity index (χ4v) is 5.54. The zero-order chi connectivity index (χ0) is 23.3. The molecule has 2 aromatic rings. The molecule has 2 heterocycles. The normalized spacial score (nSPS) is 22.8. The number of piperidine rings is 1. The molecule has 1 fully saturated rings. The molecule has 0 radical (unpaired) electrons. The van der Waals surface area contributed by atoms with E-state index in [0.29, 0.717) is 30.0 Å². The van der Waals surface area contributed by atoms with Crippen LogP contribution in [-0.2, 0) is 14.8 Å². The van der Waals surface area contributed by atoms with Gasteiger partial charge in [-0.3, -0.25) is 9.10 Å². The predicted molar refractivity (Wildman–Crippen MR) is 117 cm³/mol. The maximum atomic E-state index is 13.3. The molecule has 2 aliphatic rings. The number of amides is 1. The van der Waals surface area contributed by atoms with Gasteiger partial charge in [0.05, 0.1) is 16.6 Å². The number of hydrogen-bond donors (Lipinski definition) is 1. The number of likely N-dealkylation sites (tertiary alicyclic amines) is 1. The molecule has 0 saturated carbocycles. The molecular weight excluding hydrogens is 435 g/mol. The Hall–Kier alpha value is -2.65. The number of sulfonamides is 1. The smallest absolute Gasteiger partial charge is 0.264 e. The number of hydrogen-bond acceptors (Lipinski definition) is 5. The second-order valence-corrected chi connectivity index (χ2v) is 10.8. The average molecular weight is 463 g/mol. The molecule has 0 spiro atoms. The summed E-state index contributed by atoms with van der Waals surface area (Å²) in [6, 6.07) is 8.92. The molecule has 4 rings (SSSR count). The Balaban J connectivity index is 1.78. The quantitative estimate of drug-likeness (QED) is 0.754. The maximum Gasteiger partial charge on any atom is 0.264 e. The van der Waals surface area contributed by atoms with Crippen LogP contribution >= 0.6 is 0 Å². The number of ether oxygens (including phenoxy) is 1. The lowest BCUT2D eigenvalue weighted by atomic mass is 9.84. The minimum absolute atomic E-state index is 0.00644. The highest BCUT2D eigenvalue weighted by atomic mass is 32.2. The van der Waals surface area contributed by atoms with Crippen LogP contribution < -0.4 is 9.04 Å². The number of fused-ring (bicyclic) bond motifs is 1. The van der Waals surface area contributed by atoms with E-state index in [9.17, 15) is 22.7 Å². The summed E-state index contributed by atoms with van der Waals surface area (Å²) in [6.45, 7) is 3.98. The van der Waals surface area contributed by atoms with Gasteiger partial charge in [0.15, 0.2) is 0 Å². The minimum atomic E-state index is -3.98. The Labute approximate surface area is 187 Å². The lowest BCUT2D eigenvalue weighted by Crippen LogP contribution is -2.55. The third-order valence-corrected chi connectivity index (χ3v) is 8.01. The largest absolute Gasteiger partial charge is 0.485 e. The summed E-state index contributed by atoms with van der Waals surface area (Å²) in [7, 11) is -2.59. The van der Waals surface area contributed by atoms with Crippen molar-refractivity contribution in [1.82, 2.24) is 4.90 Å². The summed E-state index contributed by atoms with van der Waals surface area (Å²) in [5, 5.41) is 11.1. The van der Waals surface area contributed by atoms with E-state index in [4.69, 9.17) is 4.74 Å². The van der Waals surface area contributed by atoms with Crippen LogP contribution in [0.4, 0.5) is 10.1 Å². The van der Waals surface area contributed by atoms with Gasteiger partial charge in [-0.15, -0.1) is 0 Å². The Kier molecular flexibility index (Phi) is 5.67. The summed E-state index contributed by atoms with van der Waals surface area (Å²) < 4.78 is 46.9. The first-order valence-corrected chi connectivity index (χ1v) is 12.0. The van der Waals surface area contributed by atoms with Crippen LogP contribution in [-0.4, -0.2) is 49.6 Å². The van der Waals surface area contributed by atoms with Crippen molar-refractivity contribution in [2.45, 2.75) is 55.8 Å². The van der Waals surface area contributed by atoms with Gasteiger partial charge in [0.25, 0.3) is 10.0 Å². The number of carbonyl (C=O) groups excluding carboxylic acids is 1. The van der Waals surface area contributed by atoms with E-state index >= 15 is 0 Å². The summed E-state index contributed by atoms with van der Waals surface area (Å²) >= 11 is 0. The zero-order valence-corrected chi connectivity index (χ0v) is 19.1. The van der Waals surface area contributed by atoms with Crippen LogP contribution in [0.25, 0.3) is 0 Å². The molecule has 1 saturated heterocycles. The second kappa shape index (κ2) is 8.04. The zero-order valence-electron chi connectivity index (χ0n) is 18.3. The minimum Gasteiger partial charge on any atom is -0.485 e. The second-order valence-electron chi connectivity index (χ2n) is 8.79. The highest BCUT2D eigenvalue weighted by Crippen LogP contribution is 2.45. The Morgan fingerprint density at radius 2 is 1.84 bits per heavy atom. The van der Waals surface area contributed by atoms with Crippen molar-refractivity contribution < 1.29 is 27.4 Å². The number of carbonyl (C=O) groups is 1. The van der Waals surface area contributed by atoms with E-state index in [2.05, 4.69) is 0 Å². The number of nitrogens with zero attached hydrogens (tertiary/aromatic N) is 2. The molecule has 2 unspecified atom stereocenters. The van der Waals surface area contributed by atoms with Crippen LogP contribution in [0.2, 0.25) is 0 Å². The van der Waals surface area contributed by atoms with E-state index in [1.165, 1.54) is 43.4 Å². The molecule has 1 amide bonds. The Morgan fingerprint density at radius 3 is 2.50 bits per heavy atom. The first-order chi connectivity index (χ1) is 15.0. The molecule has 9 heteroatoms. The van der Waals surface area contributed by atoms with Gasteiger partial charge in [-0.2, -0.15) is 0 Å². The molecular formula is C23H27FN2O5S. The van der Waals surface area contributed by atoms with Crippen LogP contribution in [0.3, 0.4) is 0 Å². The maximum absolute atomic E-state index is 13.3. The molecule has 1 N–H and O–H groups in total. The number of benzene rings is 2. The first kappa shape index (κ1) is 22.5. The summed E-state index contributed by atoms with van der Waals surface area (Å²) in [5.41, 5.74) is -0.189. The van der Waals surface area contributed by atoms with Crippen molar-refractivity contribution in [2.75, 3.05) is 17.9 Å². The van der Waals surface area contributed by atoms with Crippen molar-refractivity contribution in [3.63, 3.8) is 0 Å². The fraction of sp³-hybridized carbons (Fsp3) is 0.435. The predicted octanol–water partition coefficient (Wildman–Crippen LogP) is 3.24. The number of anilines is 1. The lowest BCUT2D eigenvalue weighted by Gasteiger charge is -2.47. The van der Waals surface area contributed by atoms with Gasteiger partial charge in [-0.05, 0) is 69.2 Å². The van der Waals surface area contributed by atoms with Gasteiger partial charge in [-0.1, -0.05) is 0 Å². The molecule has 32 heavy (non-hydrogen) atoms. The Morgan fingerprint density at radius 1 is 1.16 bits per heavy atom. The standard InChI is InChI=1S/C23H27FN2O5S/c1-23(2)22(28)21(26-13-5-4-6-20(26)27)18-14-17(11-12-19(18)31-23)32(29,30)25(3)16-9-7-15(24)8-10-16/h7-12,14,21-22,28H,4-6,13H2,1-3H3. The number of rotatable bonds is 4. The summed E-state index contributed by atoms with van der Waals surface area (Å²) in [6.07, 6.45) is 0.967. The SMILES string of the molecule is CN(c1ccc(F)cc1)S(=O)(=O)c1ccc2c(c1)C(N1CCCCC1=O)C(O)C(C)(C)O2. The third kappa shape index (κ3) is 3.84. The van der Waals surface area contributed by atoms with Crippen molar-refractivity contribution in [1.29, 1.82) is 0 Å². The van der Waals surface area contributed by atoms with Crippen molar-refractivity contribution in [3.05, 3.63) is 53.8 Å². The molecule has 0 bridgehead atoms. The van der Waals surface area contributed by atoms with Gasteiger partial charge >= 0.3 is 0 Å². The van der Waals surface area contributed by atoms with E-state index in [1.807, 2.05) is 0 Å². The van der Waals surface area contributed by atoms with Crippen LogP contribution in [0.5, 0.6) is 5.75 Å². The average Bonchev–Trinajstić information content (AvgIpc) is 2.75. The van der Waals surface area contributed by atoms with Gasteiger partial charge < -0.3 is 14.7 Å². The van der Waals surface area contributed by atoms with Crippen molar-refractivity contribution in [3.8, 4) is 5.75 Å². The van der Waals surface area contributed by atoms with E-state index in [-0.39, 0.29) is 10.8 Å². The molecule has 2 atom stereocenters. The topological polar surface area (TPSA) is 87.2 Å². The number of halogens is 1. The highest BCUT2D eigenvalue weighted by Gasteiger charge is 2.47. The van der Waals surface area contributed by atoms with Gasteiger partial charge in [0, 0.05) is 25.6 Å². The number of aliphatic hydroxyl groups is 1. The lowest BCUT2D eigenvalue weighted by molar-refractivity contribution is -0.147. The van der Waals surface area contributed by atoms with Crippen LogP contribution in [0.1, 0.15) is 44.7 Å². The van der Waals surface area contributed by atoms with Crippen LogP contribution in [0, 0.1) is 5.82 Å². The first-order valence-electron chi connectivity index (χ1n) is 10.6. The fourth-order valence-electron chi connectivity index (χ4n) is 4.31. The molecule has 0 aromatic heterocycles. The van der Waals surface area contributed by atoms with E-state index in [0.717, 1.165) is 17.1 Å². The van der Waals surface area contributed by atoms with Gasteiger partial charge in [0.2, 0.25) is 5.91 Å². The third-order valence-electron chi connectivity index (χ3n) is 6.23. The summed E-state index contributed by atoms with van der Waals surface area (Å²) in [5.74, 6) is -0.0937. The highest BCUT2D eigenvalue weighted by molar-refractivity contribution is 7.92. The van der Waals surface area contributed by atoms with E-state index in [1.54, 1.807) is 24.8 Å². The van der Waals surface area contributed by atoms with Crippen LogP contribution in [0.15, 0.2) is 47.4 Å². The molecule has 7 nitrogen and oxygen atoms in total. The van der Waals surface area contributed by atoms with Crippen molar-refractivity contribution in [2.24, 2.45) is 0 Å². The summed E-state index contributed by atoms with van der Waals surface area (Å²) in [4.78, 5) is 14.3. The molecule has 172 valence electrons.